The third kappa shape index (κ3) is 3.05. The van der Waals surface area contributed by atoms with Gasteiger partial charge in [0.15, 0.2) is 0 Å². The second-order valence-electron chi connectivity index (χ2n) is 7.27. The molecule has 0 bridgehead atoms. The Morgan fingerprint density at radius 1 is 1.29 bits per heavy atom. The van der Waals surface area contributed by atoms with E-state index < -0.39 is 0 Å². The van der Waals surface area contributed by atoms with Crippen molar-refractivity contribution in [3.05, 3.63) is 30.1 Å². The second kappa shape index (κ2) is 6.55. The lowest BCUT2D eigenvalue weighted by Crippen LogP contribution is -2.49. The van der Waals surface area contributed by atoms with Gasteiger partial charge in [-0.05, 0) is 51.4 Å². The number of hydrogen-bond acceptors (Lipinski definition) is 3. The average Bonchev–Trinajstić information content (AvgIpc) is 3.20. The number of carbonyl (C=O) groups is 1. The van der Waals surface area contributed by atoms with Crippen molar-refractivity contribution in [2.45, 2.75) is 44.6 Å². The molecule has 24 heavy (non-hydrogen) atoms. The summed E-state index contributed by atoms with van der Waals surface area (Å²) in [5, 5.41) is 0. The van der Waals surface area contributed by atoms with Crippen molar-refractivity contribution >= 4 is 16.9 Å². The molecule has 0 spiro atoms. The lowest BCUT2D eigenvalue weighted by molar-refractivity contribution is -0.136. The summed E-state index contributed by atoms with van der Waals surface area (Å²) in [6.45, 7) is 6.26. The summed E-state index contributed by atoms with van der Waals surface area (Å²) in [5.41, 5.74) is 2.09. The number of carbonyl (C=O) groups excluding carboxylic acids is 1. The second-order valence-corrected chi connectivity index (χ2v) is 7.27. The summed E-state index contributed by atoms with van der Waals surface area (Å²) in [6.07, 6.45) is 4.27. The highest BCUT2D eigenvalue weighted by molar-refractivity contribution is 5.78. The fourth-order valence-electron chi connectivity index (χ4n) is 3.88. The van der Waals surface area contributed by atoms with Crippen LogP contribution in [-0.4, -0.2) is 57.9 Å². The maximum absolute atomic E-state index is 12.4. The fraction of sp³-hybridized carbons (Fsp3) is 0.579. The van der Waals surface area contributed by atoms with Crippen LogP contribution in [-0.2, 0) is 4.79 Å². The van der Waals surface area contributed by atoms with Crippen LogP contribution < -0.4 is 0 Å². The first kappa shape index (κ1) is 15.6. The van der Waals surface area contributed by atoms with E-state index in [2.05, 4.69) is 21.8 Å². The van der Waals surface area contributed by atoms with Gasteiger partial charge in [-0.25, -0.2) is 4.98 Å². The van der Waals surface area contributed by atoms with Gasteiger partial charge in [0.2, 0.25) is 5.91 Å². The third-order valence-electron chi connectivity index (χ3n) is 5.57. The molecular formula is C19H26N4O. The molecule has 2 aliphatic heterocycles. The highest BCUT2D eigenvalue weighted by Gasteiger charge is 2.33. The van der Waals surface area contributed by atoms with E-state index in [1.165, 1.54) is 25.9 Å². The molecule has 1 aromatic carbocycles. The van der Waals surface area contributed by atoms with Gasteiger partial charge >= 0.3 is 0 Å². The van der Waals surface area contributed by atoms with Crippen LogP contribution in [0.15, 0.2) is 24.3 Å². The summed E-state index contributed by atoms with van der Waals surface area (Å²) in [7, 11) is 0. The number of rotatable bonds is 5. The first-order chi connectivity index (χ1) is 11.7. The molecule has 1 amide bonds. The molecule has 2 aliphatic rings. The van der Waals surface area contributed by atoms with Crippen molar-refractivity contribution in [3.63, 3.8) is 0 Å². The van der Waals surface area contributed by atoms with Crippen LogP contribution in [0.1, 0.15) is 44.3 Å². The number of aromatic nitrogens is 2. The Balaban J connectivity index is 1.26. The van der Waals surface area contributed by atoms with Crippen LogP contribution in [0.4, 0.5) is 0 Å². The van der Waals surface area contributed by atoms with Crippen LogP contribution in [0.5, 0.6) is 0 Å². The van der Waals surface area contributed by atoms with E-state index in [-0.39, 0.29) is 0 Å². The molecule has 2 aromatic rings. The van der Waals surface area contributed by atoms with Crippen LogP contribution in [0.3, 0.4) is 0 Å². The predicted octanol–water partition coefficient (Wildman–Crippen LogP) is 2.75. The molecule has 2 saturated heterocycles. The van der Waals surface area contributed by atoms with E-state index in [1.807, 2.05) is 29.2 Å². The minimum absolute atomic E-state index is 0.299. The lowest BCUT2D eigenvalue weighted by Gasteiger charge is -2.38. The standard InChI is InChI=1S/C19H26N4O/c1-14(22-10-4-5-11-22)8-9-18(24)23-12-15(13-23)19-20-16-6-2-3-7-17(16)21-19/h2-3,6-7,14-15H,4-5,8-13H2,1H3,(H,20,21)/t14-/m1/s1. The first-order valence-corrected chi connectivity index (χ1v) is 9.17. The van der Waals surface area contributed by atoms with Gasteiger partial charge in [0, 0.05) is 25.6 Å². The zero-order valence-corrected chi connectivity index (χ0v) is 14.4. The van der Waals surface area contributed by atoms with Crippen LogP contribution in [0, 0.1) is 0 Å². The minimum Gasteiger partial charge on any atom is -0.342 e. The van der Waals surface area contributed by atoms with E-state index in [0.29, 0.717) is 24.3 Å². The number of aromatic amines is 1. The average molecular weight is 326 g/mol. The zero-order chi connectivity index (χ0) is 16.5. The van der Waals surface area contributed by atoms with E-state index in [9.17, 15) is 4.79 Å². The van der Waals surface area contributed by atoms with Crippen molar-refractivity contribution in [1.82, 2.24) is 19.8 Å². The van der Waals surface area contributed by atoms with Gasteiger partial charge in [0.1, 0.15) is 5.82 Å². The molecule has 0 saturated carbocycles. The number of para-hydroxylation sites is 2. The van der Waals surface area contributed by atoms with Gasteiger partial charge in [0.25, 0.3) is 0 Å². The van der Waals surface area contributed by atoms with E-state index in [0.717, 1.165) is 36.4 Å². The number of hydrogen-bond donors (Lipinski definition) is 1. The fourth-order valence-corrected chi connectivity index (χ4v) is 3.88. The van der Waals surface area contributed by atoms with E-state index in [1.54, 1.807) is 0 Å². The van der Waals surface area contributed by atoms with Crippen molar-refractivity contribution in [3.8, 4) is 0 Å². The normalized spacial score (nSPS) is 20.5. The third-order valence-corrected chi connectivity index (χ3v) is 5.57. The predicted molar refractivity (Wildman–Crippen MR) is 94.9 cm³/mol. The largest absolute Gasteiger partial charge is 0.342 e. The molecule has 1 N–H and O–H groups in total. The van der Waals surface area contributed by atoms with Gasteiger partial charge in [0.05, 0.1) is 17.0 Å². The number of fused-ring (bicyclic) bond motifs is 1. The van der Waals surface area contributed by atoms with Gasteiger partial charge in [-0.15, -0.1) is 0 Å². The smallest absolute Gasteiger partial charge is 0.222 e. The maximum atomic E-state index is 12.4. The number of nitrogens with one attached hydrogen (secondary N) is 1. The number of benzene rings is 1. The highest BCUT2D eigenvalue weighted by atomic mass is 16.2. The summed E-state index contributed by atoms with van der Waals surface area (Å²) in [4.78, 5) is 24.9. The molecule has 4 rings (SSSR count). The summed E-state index contributed by atoms with van der Waals surface area (Å²) >= 11 is 0. The van der Waals surface area contributed by atoms with Gasteiger partial charge in [-0.1, -0.05) is 12.1 Å². The van der Waals surface area contributed by atoms with Crippen molar-refractivity contribution in [2.75, 3.05) is 26.2 Å². The maximum Gasteiger partial charge on any atom is 0.222 e. The van der Waals surface area contributed by atoms with Crippen molar-refractivity contribution < 1.29 is 4.79 Å². The summed E-state index contributed by atoms with van der Waals surface area (Å²) in [5.74, 6) is 1.68. The molecule has 5 nitrogen and oxygen atoms in total. The van der Waals surface area contributed by atoms with Crippen LogP contribution in [0.25, 0.3) is 11.0 Å². The Hall–Kier alpha value is -1.88. The Morgan fingerprint density at radius 3 is 2.79 bits per heavy atom. The number of amides is 1. The number of nitrogens with zero attached hydrogens (tertiary/aromatic N) is 3. The Kier molecular flexibility index (Phi) is 4.27. The minimum atomic E-state index is 0.299. The van der Waals surface area contributed by atoms with Gasteiger partial charge < -0.3 is 14.8 Å². The van der Waals surface area contributed by atoms with Crippen molar-refractivity contribution in [1.29, 1.82) is 0 Å². The Morgan fingerprint density at radius 2 is 2.04 bits per heavy atom. The van der Waals surface area contributed by atoms with E-state index >= 15 is 0 Å². The van der Waals surface area contributed by atoms with Crippen molar-refractivity contribution in [2.24, 2.45) is 0 Å². The molecule has 5 heteroatoms. The Labute approximate surface area is 143 Å². The van der Waals surface area contributed by atoms with Crippen LogP contribution >= 0.6 is 0 Å². The highest BCUT2D eigenvalue weighted by Crippen LogP contribution is 2.27. The van der Waals surface area contributed by atoms with Gasteiger partial charge in [-0.2, -0.15) is 0 Å². The molecule has 2 fully saturated rings. The molecule has 0 unspecified atom stereocenters. The number of H-pyrrole nitrogens is 1. The molecule has 0 radical (unpaired) electrons. The van der Waals surface area contributed by atoms with Gasteiger partial charge in [-0.3, -0.25) is 4.79 Å². The molecule has 128 valence electrons. The number of likely N-dealkylation sites (tertiary alicyclic amines) is 2. The first-order valence-electron chi connectivity index (χ1n) is 9.17. The lowest BCUT2D eigenvalue weighted by atomic mass is 9.98. The Bertz CT molecular complexity index is 680. The molecular weight excluding hydrogens is 300 g/mol. The molecule has 1 atom stereocenters. The SMILES string of the molecule is C[C@H](CCC(=O)N1CC(c2nc3ccccc3[nH]2)C1)N1CCCC1. The molecule has 0 aliphatic carbocycles. The van der Waals surface area contributed by atoms with E-state index in [4.69, 9.17) is 0 Å². The summed E-state index contributed by atoms with van der Waals surface area (Å²) in [6, 6.07) is 8.63. The monoisotopic (exact) mass is 326 g/mol. The topological polar surface area (TPSA) is 52.2 Å². The molecule has 1 aromatic heterocycles. The zero-order valence-electron chi connectivity index (χ0n) is 14.4. The number of imidazole rings is 1. The molecule has 3 heterocycles. The quantitative estimate of drug-likeness (QED) is 0.919. The van der Waals surface area contributed by atoms with Crippen LogP contribution in [0.2, 0.25) is 0 Å². The summed E-state index contributed by atoms with van der Waals surface area (Å²) < 4.78 is 0.